The zero-order chi connectivity index (χ0) is 17.5. The van der Waals surface area contributed by atoms with Gasteiger partial charge in [-0.3, -0.25) is 0 Å². The SMILES string of the molecule is C=C(C)C1=CCB(O)OC1CC/C(=C/c1ccccc1O)CCC. The topological polar surface area (TPSA) is 49.7 Å². The summed E-state index contributed by atoms with van der Waals surface area (Å²) in [5, 5.41) is 19.7. The third-order valence-electron chi connectivity index (χ3n) is 4.30. The summed E-state index contributed by atoms with van der Waals surface area (Å²) in [6, 6.07) is 7.38. The minimum absolute atomic E-state index is 0.115. The molecule has 1 aliphatic rings. The summed E-state index contributed by atoms with van der Waals surface area (Å²) >= 11 is 0. The van der Waals surface area contributed by atoms with Crippen LogP contribution in [0.3, 0.4) is 0 Å². The summed E-state index contributed by atoms with van der Waals surface area (Å²) in [4.78, 5) is 0. The van der Waals surface area contributed by atoms with Crippen LogP contribution >= 0.6 is 0 Å². The van der Waals surface area contributed by atoms with E-state index in [1.807, 2.05) is 31.2 Å². The Balaban J connectivity index is 2.11. The van der Waals surface area contributed by atoms with E-state index in [4.69, 9.17) is 4.65 Å². The highest BCUT2D eigenvalue weighted by Crippen LogP contribution is 2.29. The molecule has 4 heteroatoms. The summed E-state index contributed by atoms with van der Waals surface area (Å²) in [7, 11) is -0.727. The maximum absolute atomic E-state index is 9.97. The second-order valence-electron chi connectivity index (χ2n) is 6.40. The summed E-state index contributed by atoms with van der Waals surface area (Å²) in [5.74, 6) is 0.304. The van der Waals surface area contributed by atoms with Crippen molar-refractivity contribution in [3.63, 3.8) is 0 Å². The Morgan fingerprint density at radius 2 is 2.12 bits per heavy atom. The summed E-state index contributed by atoms with van der Waals surface area (Å²) in [6.45, 7) is 8.15. The van der Waals surface area contributed by atoms with Gasteiger partial charge in [-0.2, -0.15) is 0 Å². The molecular weight excluding hydrogens is 299 g/mol. The molecule has 2 rings (SSSR count). The van der Waals surface area contributed by atoms with Gasteiger partial charge < -0.3 is 14.8 Å². The van der Waals surface area contributed by atoms with Gasteiger partial charge in [-0.25, -0.2) is 0 Å². The van der Waals surface area contributed by atoms with E-state index in [0.29, 0.717) is 12.1 Å². The van der Waals surface area contributed by atoms with Crippen LogP contribution in [0.15, 0.2) is 53.6 Å². The van der Waals surface area contributed by atoms with Crippen molar-refractivity contribution in [2.75, 3.05) is 0 Å². The first-order valence-corrected chi connectivity index (χ1v) is 8.68. The molecule has 1 aromatic rings. The maximum atomic E-state index is 9.97. The van der Waals surface area contributed by atoms with Gasteiger partial charge in [0.15, 0.2) is 0 Å². The Labute approximate surface area is 145 Å². The highest BCUT2D eigenvalue weighted by Gasteiger charge is 2.27. The number of phenols is 1. The molecule has 0 radical (unpaired) electrons. The second kappa shape index (κ2) is 8.90. The van der Waals surface area contributed by atoms with Crippen molar-refractivity contribution in [2.45, 2.75) is 52.0 Å². The maximum Gasteiger partial charge on any atom is 0.458 e. The standard InChI is InChI=1S/C20H27BO3/c1-4-7-16(14-17-8-5-6-9-19(17)22)10-11-20-18(15(2)3)12-13-21(23)24-20/h5-6,8-9,12,14,20,22-23H,2,4,7,10-11,13H2,1,3H3/b16-14+. The molecular formula is C20H27BO3. The van der Waals surface area contributed by atoms with Crippen molar-refractivity contribution in [2.24, 2.45) is 0 Å². The molecule has 0 aromatic heterocycles. The van der Waals surface area contributed by atoms with Gasteiger partial charge in [0.25, 0.3) is 0 Å². The van der Waals surface area contributed by atoms with Crippen LogP contribution in [0.2, 0.25) is 6.32 Å². The van der Waals surface area contributed by atoms with Gasteiger partial charge in [0.05, 0.1) is 6.10 Å². The molecule has 1 unspecified atom stereocenters. The molecule has 1 heterocycles. The molecule has 24 heavy (non-hydrogen) atoms. The van der Waals surface area contributed by atoms with Gasteiger partial charge in [0, 0.05) is 11.9 Å². The molecule has 0 amide bonds. The lowest BCUT2D eigenvalue weighted by Crippen LogP contribution is -2.31. The molecule has 128 valence electrons. The van der Waals surface area contributed by atoms with Gasteiger partial charge in [0.1, 0.15) is 5.75 Å². The van der Waals surface area contributed by atoms with Crippen LogP contribution in [0.25, 0.3) is 6.08 Å². The molecule has 1 aliphatic heterocycles. The molecule has 0 saturated carbocycles. The number of benzene rings is 1. The molecule has 0 fully saturated rings. The number of aromatic hydroxyl groups is 1. The predicted octanol–water partition coefficient (Wildman–Crippen LogP) is 4.74. The lowest BCUT2D eigenvalue weighted by Gasteiger charge is -2.27. The van der Waals surface area contributed by atoms with E-state index >= 15 is 0 Å². The predicted molar refractivity (Wildman–Crippen MR) is 101 cm³/mol. The van der Waals surface area contributed by atoms with E-state index in [0.717, 1.165) is 42.4 Å². The van der Waals surface area contributed by atoms with Gasteiger partial charge in [-0.05, 0) is 37.8 Å². The smallest absolute Gasteiger partial charge is 0.458 e. The van der Waals surface area contributed by atoms with E-state index in [9.17, 15) is 10.1 Å². The summed E-state index contributed by atoms with van der Waals surface area (Å²) in [6.07, 6.45) is 8.21. The number of phenolic OH excluding ortho intramolecular Hbond substituents is 1. The molecule has 0 aliphatic carbocycles. The molecule has 1 atom stereocenters. The molecule has 2 N–H and O–H groups in total. The first-order valence-electron chi connectivity index (χ1n) is 8.68. The first-order chi connectivity index (χ1) is 11.5. The van der Waals surface area contributed by atoms with Crippen LogP contribution < -0.4 is 0 Å². The van der Waals surface area contributed by atoms with Gasteiger partial charge in [-0.1, -0.05) is 61.4 Å². The molecule has 0 saturated heterocycles. The summed E-state index contributed by atoms with van der Waals surface area (Å²) in [5.41, 5.74) is 4.22. The van der Waals surface area contributed by atoms with Crippen LogP contribution in [0, 0.1) is 0 Å². The van der Waals surface area contributed by atoms with E-state index in [1.54, 1.807) is 6.07 Å². The Morgan fingerprint density at radius 3 is 2.79 bits per heavy atom. The molecule has 3 nitrogen and oxygen atoms in total. The number of rotatable bonds is 7. The van der Waals surface area contributed by atoms with Crippen LogP contribution in [-0.4, -0.2) is 23.4 Å². The van der Waals surface area contributed by atoms with Crippen molar-refractivity contribution in [1.82, 2.24) is 0 Å². The van der Waals surface area contributed by atoms with Crippen LogP contribution in [-0.2, 0) is 4.65 Å². The third kappa shape index (κ3) is 5.12. The lowest BCUT2D eigenvalue weighted by atomic mass is 9.78. The molecule has 0 bridgehead atoms. The highest BCUT2D eigenvalue weighted by atomic mass is 16.5. The quantitative estimate of drug-likeness (QED) is 0.712. The average Bonchev–Trinajstić information content (AvgIpc) is 2.54. The van der Waals surface area contributed by atoms with E-state index in [2.05, 4.69) is 19.6 Å². The third-order valence-corrected chi connectivity index (χ3v) is 4.30. The monoisotopic (exact) mass is 326 g/mol. The minimum atomic E-state index is -0.727. The average molecular weight is 326 g/mol. The zero-order valence-electron chi connectivity index (χ0n) is 14.7. The van der Waals surface area contributed by atoms with Crippen molar-refractivity contribution in [3.8, 4) is 5.75 Å². The second-order valence-corrected chi connectivity index (χ2v) is 6.40. The van der Waals surface area contributed by atoms with Gasteiger partial charge in [0.2, 0.25) is 0 Å². The fraction of sp³-hybridized carbons (Fsp3) is 0.400. The fourth-order valence-corrected chi connectivity index (χ4v) is 3.09. The lowest BCUT2D eigenvalue weighted by molar-refractivity contribution is 0.183. The molecule has 0 spiro atoms. The number of allylic oxidation sites excluding steroid dienone is 2. The largest absolute Gasteiger partial charge is 0.507 e. The highest BCUT2D eigenvalue weighted by molar-refractivity contribution is 6.43. The molecule has 1 aromatic carbocycles. The van der Waals surface area contributed by atoms with Crippen LogP contribution in [0.5, 0.6) is 5.75 Å². The first kappa shape index (κ1) is 18.6. The normalized spacial score (nSPS) is 18.5. The van der Waals surface area contributed by atoms with Crippen molar-refractivity contribution in [3.05, 3.63) is 59.2 Å². The number of para-hydroxylation sites is 1. The fourth-order valence-electron chi connectivity index (χ4n) is 3.09. The minimum Gasteiger partial charge on any atom is -0.507 e. The van der Waals surface area contributed by atoms with Crippen molar-refractivity contribution in [1.29, 1.82) is 0 Å². The van der Waals surface area contributed by atoms with E-state index < -0.39 is 7.12 Å². The van der Waals surface area contributed by atoms with Crippen molar-refractivity contribution >= 4 is 13.2 Å². The Morgan fingerprint density at radius 1 is 1.38 bits per heavy atom. The zero-order valence-corrected chi connectivity index (χ0v) is 14.7. The number of hydrogen-bond donors (Lipinski definition) is 2. The van der Waals surface area contributed by atoms with Crippen molar-refractivity contribution < 1.29 is 14.8 Å². The Kier molecular flexibility index (Phi) is 6.89. The Bertz CT molecular complexity index is 634. The summed E-state index contributed by atoms with van der Waals surface area (Å²) < 4.78 is 5.71. The Hall–Kier alpha value is -1.78. The van der Waals surface area contributed by atoms with Crippen LogP contribution in [0.1, 0.15) is 45.1 Å². The van der Waals surface area contributed by atoms with Gasteiger partial charge in [-0.15, -0.1) is 0 Å². The van der Waals surface area contributed by atoms with E-state index in [-0.39, 0.29) is 6.10 Å². The van der Waals surface area contributed by atoms with Gasteiger partial charge >= 0.3 is 7.12 Å². The van der Waals surface area contributed by atoms with Crippen LogP contribution in [0.4, 0.5) is 0 Å². The number of hydrogen-bond acceptors (Lipinski definition) is 3. The van der Waals surface area contributed by atoms with E-state index in [1.165, 1.54) is 5.57 Å².